The Morgan fingerprint density at radius 1 is 0.826 bits per heavy atom. The molecule has 0 spiro atoms. The molecule has 0 bridgehead atoms. The smallest absolute Gasteiger partial charge is 0.138 e. The van der Waals surface area contributed by atoms with Gasteiger partial charge in [-0.3, -0.25) is 0 Å². The number of aromatic nitrogens is 2. The average molecular weight is 300 g/mol. The maximum atomic E-state index is 5.52. The highest BCUT2D eigenvalue weighted by molar-refractivity contribution is 5.81. The molecule has 0 radical (unpaired) electrons. The number of nitrogens with zero attached hydrogens (tertiary/aromatic N) is 1. The Balaban J connectivity index is 1.86. The first-order valence-corrected chi connectivity index (χ1v) is 7.54. The Morgan fingerprint density at radius 3 is 2.39 bits per heavy atom. The maximum Gasteiger partial charge on any atom is 0.138 e. The number of imidazole rings is 1. The van der Waals surface area contributed by atoms with Crippen molar-refractivity contribution in [2.45, 2.75) is 0 Å². The molecule has 0 saturated carbocycles. The van der Waals surface area contributed by atoms with E-state index in [1.165, 1.54) is 0 Å². The van der Waals surface area contributed by atoms with Gasteiger partial charge in [-0.15, -0.1) is 0 Å². The van der Waals surface area contributed by atoms with Crippen LogP contribution in [0.5, 0.6) is 5.75 Å². The SMILES string of the molecule is COc1ccc(-c2nc3ccccc3[nH]2)cc1-c1ccccc1. The van der Waals surface area contributed by atoms with Crippen molar-refractivity contribution in [2.24, 2.45) is 0 Å². The monoisotopic (exact) mass is 300 g/mol. The lowest BCUT2D eigenvalue weighted by atomic mass is 10.0. The Labute approximate surface area is 134 Å². The molecule has 0 unspecified atom stereocenters. The third kappa shape index (κ3) is 2.46. The number of methoxy groups -OCH3 is 1. The number of aromatic amines is 1. The highest BCUT2D eigenvalue weighted by Gasteiger charge is 2.10. The second-order valence-electron chi connectivity index (χ2n) is 5.38. The van der Waals surface area contributed by atoms with Crippen molar-refractivity contribution >= 4 is 11.0 Å². The molecule has 1 N–H and O–H groups in total. The first-order chi connectivity index (χ1) is 11.3. The lowest BCUT2D eigenvalue weighted by Crippen LogP contribution is -1.90. The predicted molar refractivity (Wildman–Crippen MR) is 93.5 cm³/mol. The summed E-state index contributed by atoms with van der Waals surface area (Å²) in [6.07, 6.45) is 0. The van der Waals surface area contributed by atoms with Gasteiger partial charge in [-0.05, 0) is 35.9 Å². The summed E-state index contributed by atoms with van der Waals surface area (Å²) >= 11 is 0. The molecule has 4 rings (SSSR count). The second kappa shape index (κ2) is 5.61. The third-order valence-corrected chi connectivity index (χ3v) is 3.95. The second-order valence-corrected chi connectivity index (χ2v) is 5.38. The van der Waals surface area contributed by atoms with E-state index in [1.54, 1.807) is 7.11 Å². The van der Waals surface area contributed by atoms with Gasteiger partial charge in [-0.25, -0.2) is 4.98 Å². The van der Waals surface area contributed by atoms with Gasteiger partial charge < -0.3 is 9.72 Å². The lowest BCUT2D eigenvalue weighted by Gasteiger charge is -2.10. The van der Waals surface area contributed by atoms with Gasteiger partial charge in [0.2, 0.25) is 0 Å². The number of rotatable bonds is 3. The molecule has 0 atom stereocenters. The highest BCUT2D eigenvalue weighted by Crippen LogP contribution is 2.33. The third-order valence-electron chi connectivity index (χ3n) is 3.95. The van der Waals surface area contributed by atoms with E-state index < -0.39 is 0 Å². The normalized spacial score (nSPS) is 10.8. The molecule has 4 aromatic rings. The molecule has 3 aromatic carbocycles. The summed E-state index contributed by atoms with van der Waals surface area (Å²) in [5, 5.41) is 0. The van der Waals surface area contributed by atoms with E-state index in [2.05, 4.69) is 28.2 Å². The van der Waals surface area contributed by atoms with E-state index in [-0.39, 0.29) is 0 Å². The van der Waals surface area contributed by atoms with Gasteiger partial charge in [-0.1, -0.05) is 42.5 Å². The molecule has 0 aliphatic carbocycles. The zero-order chi connectivity index (χ0) is 15.6. The molecule has 3 nitrogen and oxygen atoms in total. The summed E-state index contributed by atoms with van der Waals surface area (Å²) in [7, 11) is 1.70. The van der Waals surface area contributed by atoms with Gasteiger partial charge in [0.25, 0.3) is 0 Å². The quantitative estimate of drug-likeness (QED) is 0.584. The molecule has 1 heterocycles. The fourth-order valence-electron chi connectivity index (χ4n) is 2.79. The van der Waals surface area contributed by atoms with Gasteiger partial charge in [0.15, 0.2) is 0 Å². The number of hydrogen-bond acceptors (Lipinski definition) is 2. The van der Waals surface area contributed by atoms with Crippen LogP contribution in [0.3, 0.4) is 0 Å². The number of nitrogens with one attached hydrogen (secondary N) is 1. The maximum absolute atomic E-state index is 5.52. The zero-order valence-electron chi connectivity index (χ0n) is 12.8. The van der Waals surface area contributed by atoms with E-state index in [9.17, 15) is 0 Å². The van der Waals surface area contributed by atoms with E-state index in [0.29, 0.717) is 0 Å². The van der Waals surface area contributed by atoms with Crippen LogP contribution >= 0.6 is 0 Å². The van der Waals surface area contributed by atoms with Gasteiger partial charge in [0.1, 0.15) is 11.6 Å². The van der Waals surface area contributed by atoms with Crippen LogP contribution in [0.25, 0.3) is 33.5 Å². The molecular formula is C20H16N2O. The molecule has 0 aliphatic heterocycles. The Hall–Kier alpha value is -3.07. The van der Waals surface area contributed by atoms with Crippen LogP contribution in [-0.4, -0.2) is 17.1 Å². The summed E-state index contributed by atoms with van der Waals surface area (Å²) < 4.78 is 5.52. The van der Waals surface area contributed by atoms with E-state index in [0.717, 1.165) is 39.3 Å². The fourth-order valence-corrected chi connectivity index (χ4v) is 2.79. The Kier molecular flexibility index (Phi) is 3.31. The summed E-state index contributed by atoms with van der Waals surface area (Å²) in [6.45, 7) is 0. The lowest BCUT2D eigenvalue weighted by molar-refractivity contribution is 0.416. The largest absolute Gasteiger partial charge is 0.496 e. The zero-order valence-corrected chi connectivity index (χ0v) is 12.8. The number of fused-ring (bicyclic) bond motifs is 1. The molecule has 0 fully saturated rings. The molecule has 0 saturated heterocycles. The van der Waals surface area contributed by atoms with Crippen LogP contribution in [0.2, 0.25) is 0 Å². The number of ether oxygens (including phenoxy) is 1. The average Bonchev–Trinajstić information content (AvgIpc) is 3.06. The molecule has 0 amide bonds. The van der Waals surface area contributed by atoms with Crippen LogP contribution in [0.4, 0.5) is 0 Å². The van der Waals surface area contributed by atoms with Gasteiger partial charge in [0, 0.05) is 11.1 Å². The minimum atomic E-state index is 0.857. The minimum Gasteiger partial charge on any atom is -0.496 e. The van der Waals surface area contributed by atoms with Crippen LogP contribution in [-0.2, 0) is 0 Å². The number of benzene rings is 3. The van der Waals surface area contributed by atoms with Crippen LogP contribution < -0.4 is 4.74 Å². The fraction of sp³-hybridized carbons (Fsp3) is 0.0500. The molecule has 0 aliphatic rings. The number of H-pyrrole nitrogens is 1. The van der Waals surface area contributed by atoms with Gasteiger partial charge in [0.05, 0.1) is 18.1 Å². The van der Waals surface area contributed by atoms with Gasteiger partial charge in [-0.2, -0.15) is 0 Å². The molecule has 23 heavy (non-hydrogen) atoms. The van der Waals surface area contributed by atoms with Crippen molar-refractivity contribution in [2.75, 3.05) is 7.11 Å². The van der Waals surface area contributed by atoms with Gasteiger partial charge >= 0.3 is 0 Å². The first kappa shape index (κ1) is 13.6. The van der Waals surface area contributed by atoms with E-state index >= 15 is 0 Å². The predicted octanol–water partition coefficient (Wildman–Crippen LogP) is 4.91. The number of para-hydroxylation sites is 2. The van der Waals surface area contributed by atoms with Crippen molar-refractivity contribution in [1.29, 1.82) is 0 Å². The van der Waals surface area contributed by atoms with Crippen molar-refractivity contribution < 1.29 is 4.74 Å². The van der Waals surface area contributed by atoms with E-state index in [1.807, 2.05) is 54.6 Å². The van der Waals surface area contributed by atoms with Crippen molar-refractivity contribution in [3.8, 4) is 28.3 Å². The summed E-state index contributed by atoms with van der Waals surface area (Å²) in [4.78, 5) is 8.05. The number of hydrogen-bond donors (Lipinski definition) is 1. The summed E-state index contributed by atoms with van der Waals surface area (Å²) in [5.41, 5.74) is 5.24. The summed E-state index contributed by atoms with van der Waals surface area (Å²) in [5.74, 6) is 1.72. The van der Waals surface area contributed by atoms with Crippen LogP contribution in [0.15, 0.2) is 72.8 Å². The Bertz CT molecular complexity index is 925. The Morgan fingerprint density at radius 2 is 1.61 bits per heavy atom. The van der Waals surface area contributed by atoms with Crippen LogP contribution in [0, 0.1) is 0 Å². The van der Waals surface area contributed by atoms with Crippen molar-refractivity contribution in [1.82, 2.24) is 9.97 Å². The van der Waals surface area contributed by atoms with Crippen molar-refractivity contribution in [3.05, 3.63) is 72.8 Å². The van der Waals surface area contributed by atoms with E-state index in [4.69, 9.17) is 4.74 Å². The van der Waals surface area contributed by atoms with Crippen LogP contribution in [0.1, 0.15) is 0 Å². The molecule has 112 valence electrons. The molecular weight excluding hydrogens is 284 g/mol. The highest BCUT2D eigenvalue weighted by atomic mass is 16.5. The first-order valence-electron chi connectivity index (χ1n) is 7.54. The standard InChI is InChI=1S/C20H16N2O/c1-23-19-12-11-15(13-16(19)14-7-3-2-4-8-14)20-21-17-9-5-6-10-18(17)22-20/h2-13H,1H3,(H,21,22). The molecule has 1 aromatic heterocycles. The topological polar surface area (TPSA) is 37.9 Å². The minimum absolute atomic E-state index is 0.857. The summed E-state index contributed by atoms with van der Waals surface area (Å²) in [6, 6.07) is 24.4. The molecule has 3 heteroatoms. The van der Waals surface area contributed by atoms with Crippen molar-refractivity contribution in [3.63, 3.8) is 0 Å².